The Bertz CT molecular complexity index is 268. The highest BCUT2D eigenvalue weighted by atomic mass is 16.3. The third-order valence-corrected chi connectivity index (χ3v) is 4.25. The van der Waals surface area contributed by atoms with Crippen molar-refractivity contribution in [3.63, 3.8) is 0 Å². The number of nitrogens with one attached hydrogen (secondary N) is 1. The summed E-state index contributed by atoms with van der Waals surface area (Å²) in [6.07, 6.45) is 5.23. The van der Waals surface area contributed by atoms with Crippen molar-refractivity contribution >= 4 is 0 Å². The second-order valence-corrected chi connectivity index (χ2v) is 6.67. The molecule has 2 heterocycles. The quantitative estimate of drug-likeness (QED) is 0.751. The lowest BCUT2D eigenvalue weighted by molar-refractivity contribution is 0.0277. The van der Waals surface area contributed by atoms with E-state index in [2.05, 4.69) is 10.2 Å². The van der Waals surface area contributed by atoms with Gasteiger partial charge in [0, 0.05) is 25.2 Å². The highest BCUT2D eigenvalue weighted by Gasteiger charge is 2.32. The van der Waals surface area contributed by atoms with Crippen molar-refractivity contribution in [2.45, 2.75) is 50.3 Å². The number of likely N-dealkylation sites (N-methyl/N-ethyl adjacent to an activating group) is 1. The maximum absolute atomic E-state index is 10.3. The molecule has 0 unspecified atom stereocenters. The monoisotopic (exact) mass is 255 g/mol. The van der Waals surface area contributed by atoms with Gasteiger partial charge in [-0.15, -0.1) is 0 Å². The number of nitrogens with zero attached hydrogens (tertiary/aromatic N) is 2. The fourth-order valence-corrected chi connectivity index (χ4v) is 3.51. The molecular formula is C14H29N3O. The van der Waals surface area contributed by atoms with Crippen molar-refractivity contribution in [1.29, 1.82) is 0 Å². The van der Waals surface area contributed by atoms with E-state index in [0.717, 1.165) is 6.04 Å². The largest absolute Gasteiger partial charge is 0.388 e. The number of hydrogen-bond donors (Lipinski definition) is 2. The highest BCUT2D eigenvalue weighted by Crippen LogP contribution is 2.26. The van der Waals surface area contributed by atoms with Gasteiger partial charge in [-0.25, -0.2) is 0 Å². The Morgan fingerprint density at radius 2 is 2.11 bits per heavy atom. The van der Waals surface area contributed by atoms with Crippen LogP contribution in [0, 0.1) is 0 Å². The topological polar surface area (TPSA) is 38.7 Å². The predicted octanol–water partition coefficient (Wildman–Crippen LogP) is 0.515. The molecule has 0 aliphatic carbocycles. The summed E-state index contributed by atoms with van der Waals surface area (Å²) in [5.41, 5.74) is -0.629. The molecule has 3 atom stereocenters. The average molecular weight is 255 g/mol. The van der Waals surface area contributed by atoms with Gasteiger partial charge in [-0.3, -0.25) is 0 Å². The minimum atomic E-state index is -0.629. The lowest BCUT2D eigenvalue weighted by Gasteiger charge is -2.37. The van der Waals surface area contributed by atoms with Crippen molar-refractivity contribution in [3.05, 3.63) is 0 Å². The van der Waals surface area contributed by atoms with Crippen LogP contribution in [0.3, 0.4) is 0 Å². The second-order valence-electron chi connectivity index (χ2n) is 6.67. The molecule has 2 fully saturated rings. The van der Waals surface area contributed by atoms with Gasteiger partial charge in [-0.1, -0.05) is 0 Å². The first-order valence-electron chi connectivity index (χ1n) is 7.31. The summed E-state index contributed by atoms with van der Waals surface area (Å²) in [6.45, 7) is 5.86. The fourth-order valence-electron chi connectivity index (χ4n) is 3.51. The molecule has 18 heavy (non-hydrogen) atoms. The van der Waals surface area contributed by atoms with Crippen LogP contribution in [0.15, 0.2) is 0 Å². The molecular weight excluding hydrogens is 226 g/mol. The van der Waals surface area contributed by atoms with Crippen LogP contribution >= 0.6 is 0 Å². The summed E-state index contributed by atoms with van der Waals surface area (Å²) in [7, 11) is 4.01. The Hall–Kier alpha value is -0.160. The molecule has 2 aliphatic heterocycles. The van der Waals surface area contributed by atoms with E-state index in [1.165, 1.54) is 38.8 Å². The Morgan fingerprint density at radius 3 is 2.83 bits per heavy atom. The van der Waals surface area contributed by atoms with Gasteiger partial charge in [0.25, 0.3) is 0 Å². The van der Waals surface area contributed by atoms with Crippen LogP contribution in [0.4, 0.5) is 0 Å². The number of hydrogen-bond acceptors (Lipinski definition) is 4. The minimum Gasteiger partial charge on any atom is -0.388 e. The third kappa shape index (κ3) is 3.92. The van der Waals surface area contributed by atoms with Gasteiger partial charge in [0.05, 0.1) is 5.60 Å². The molecule has 2 N–H and O–H groups in total. The summed E-state index contributed by atoms with van der Waals surface area (Å²) in [5.74, 6) is 0. The number of aliphatic hydroxyl groups is 1. The summed E-state index contributed by atoms with van der Waals surface area (Å²) in [6, 6.07) is 1.40. The van der Waals surface area contributed by atoms with E-state index in [1.807, 2.05) is 25.9 Å². The standard InChI is InChI=1S/C14H29N3O/c1-14(18,11-16(2)3)10-15-12-6-8-17-7-4-5-13(17)9-12/h12-13,15,18H,4-11H2,1-3H3/t12-,13+,14+/m0/s1. The van der Waals surface area contributed by atoms with E-state index in [9.17, 15) is 5.11 Å². The third-order valence-electron chi connectivity index (χ3n) is 4.25. The van der Waals surface area contributed by atoms with Crippen LogP contribution < -0.4 is 5.32 Å². The Morgan fingerprint density at radius 1 is 1.33 bits per heavy atom. The molecule has 0 aromatic rings. The van der Waals surface area contributed by atoms with Crippen LogP contribution in [0.5, 0.6) is 0 Å². The zero-order valence-corrected chi connectivity index (χ0v) is 12.2. The van der Waals surface area contributed by atoms with Crippen molar-refractivity contribution in [1.82, 2.24) is 15.1 Å². The maximum Gasteiger partial charge on any atom is 0.0869 e. The van der Waals surface area contributed by atoms with E-state index in [1.54, 1.807) is 0 Å². The Labute approximate surface area is 111 Å². The van der Waals surface area contributed by atoms with Gasteiger partial charge < -0.3 is 20.2 Å². The number of fused-ring (bicyclic) bond motifs is 1. The van der Waals surface area contributed by atoms with Crippen LogP contribution in [-0.2, 0) is 0 Å². The van der Waals surface area contributed by atoms with Crippen molar-refractivity contribution < 1.29 is 5.11 Å². The minimum absolute atomic E-state index is 0.595. The first-order chi connectivity index (χ1) is 8.46. The molecule has 0 spiro atoms. The molecule has 2 aliphatic rings. The molecule has 2 saturated heterocycles. The normalized spacial score (nSPS) is 32.5. The molecule has 0 radical (unpaired) electrons. The van der Waals surface area contributed by atoms with E-state index in [0.29, 0.717) is 19.1 Å². The zero-order valence-electron chi connectivity index (χ0n) is 12.2. The van der Waals surface area contributed by atoms with Crippen molar-refractivity contribution in [3.8, 4) is 0 Å². The van der Waals surface area contributed by atoms with Crippen LogP contribution in [0.1, 0.15) is 32.6 Å². The van der Waals surface area contributed by atoms with Gasteiger partial charge in [0.2, 0.25) is 0 Å². The SMILES string of the molecule is CN(C)C[C@](C)(O)CN[C@H]1CCN2CCC[C@@H]2C1. The number of piperidine rings is 1. The van der Waals surface area contributed by atoms with Gasteiger partial charge >= 0.3 is 0 Å². The summed E-state index contributed by atoms with van der Waals surface area (Å²) in [4.78, 5) is 4.68. The van der Waals surface area contributed by atoms with E-state index < -0.39 is 5.60 Å². The van der Waals surface area contributed by atoms with Crippen LogP contribution in [0.2, 0.25) is 0 Å². The number of rotatable bonds is 5. The predicted molar refractivity (Wildman–Crippen MR) is 74.8 cm³/mol. The summed E-state index contributed by atoms with van der Waals surface area (Å²) < 4.78 is 0. The highest BCUT2D eigenvalue weighted by molar-refractivity contribution is 4.90. The molecule has 4 heteroatoms. The summed E-state index contributed by atoms with van der Waals surface area (Å²) >= 11 is 0. The van der Waals surface area contributed by atoms with Gasteiger partial charge in [0.1, 0.15) is 0 Å². The Balaban J connectivity index is 1.73. The fraction of sp³-hybridized carbons (Fsp3) is 1.00. The van der Waals surface area contributed by atoms with Gasteiger partial charge in [-0.2, -0.15) is 0 Å². The molecule has 4 nitrogen and oxygen atoms in total. The van der Waals surface area contributed by atoms with Crippen LogP contribution in [-0.4, -0.2) is 72.9 Å². The van der Waals surface area contributed by atoms with Gasteiger partial charge in [0.15, 0.2) is 0 Å². The lowest BCUT2D eigenvalue weighted by Crippen LogP contribution is -2.52. The molecule has 0 aromatic heterocycles. The second kappa shape index (κ2) is 5.87. The molecule has 0 amide bonds. The van der Waals surface area contributed by atoms with Crippen molar-refractivity contribution in [2.24, 2.45) is 0 Å². The molecule has 0 bridgehead atoms. The van der Waals surface area contributed by atoms with E-state index >= 15 is 0 Å². The maximum atomic E-state index is 10.3. The average Bonchev–Trinajstić information content (AvgIpc) is 2.71. The molecule has 0 aromatic carbocycles. The lowest BCUT2D eigenvalue weighted by atomic mass is 9.96. The smallest absolute Gasteiger partial charge is 0.0869 e. The molecule has 2 rings (SSSR count). The zero-order chi connectivity index (χ0) is 13.2. The molecule has 0 saturated carbocycles. The first-order valence-corrected chi connectivity index (χ1v) is 7.31. The van der Waals surface area contributed by atoms with E-state index in [-0.39, 0.29) is 0 Å². The Kier molecular flexibility index (Phi) is 4.64. The van der Waals surface area contributed by atoms with Gasteiger partial charge in [-0.05, 0) is 59.8 Å². The van der Waals surface area contributed by atoms with E-state index in [4.69, 9.17) is 0 Å². The summed E-state index contributed by atoms with van der Waals surface area (Å²) in [5, 5.41) is 13.9. The first kappa shape index (κ1) is 14.3. The molecule has 106 valence electrons. The van der Waals surface area contributed by atoms with Crippen LogP contribution in [0.25, 0.3) is 0 Å². The van der Waals surface area contributed by atoms with Crippen molar-refractivity contribution in [2.75, 3.05) is 40.3 Å².